The van der Waals surface area contributed by atoms with Crippen molar-refractivity contribution in [3.05, 3.63) is 35.9 Å². The number of rotatable bonds is 3. The van der Waals surface area contributed by atoms with E-state index in [9.17, 15) is 9.59 Å². The van der Waals surface area contributed by atoms with Crippen LogP contribution in [0.5, 0.6) is 0 Å². The number of hydrogen-bond acceptors (Lipinski definition) is 4. The minimum atomic E-state index is -1.10. The van der Waals surface area contributed by atoms with Gasteiger partial charge in [0.25, 0.3) is 0 Å². The topological polar surface area (TPSA) is 76.1 Å². The zero-order valence-corrected chi connectivity index (χ0v) is 10.5. The first kappa shape index (κ1) is 13.4. The fourth-order valence-corrected chi connectivity index (χ4v) is 1.93. The fraction of sp³-hybridized carbons (Fsp3) is 0.385. The Morgan fingerprint density at radius 2 is 2.11 bits per heavy atom. The highest BCUT2D eigenvalue weighted by molar-refractivity contribution is 5.81. The predicted octanol–water partition coefficient (Wildman–Crippen LogP) is 1.45. The molecule has 2 atom stereocenters. The highest BCUT2D eigenvalue weighted by Crippen LogP contribution is 2.18. The second-order valence-electron chi connectivity index (χ2n) is 4.29. The maximum atomic E-state index is 11.8. The van der Waals surface area contributed by atoms with Gasteiger partial charge in [0.1, 0.15) is 13.3 Å². The Balaban J connectivity index is 1.95. The number of benzene rings is 1. The molecular formula is C13H15NO5. The van der Waals surface area contributed by atoms with Gasteiger partial charge in [0, 0.05) is 0 Å². The van der Waals surface area contributed by atoms with E-state index in [0.717, 1.165) is 10.5 Å². The first-order valence-electron chi connectivity index (χ1n) is 5.91. The van der Waals surface area contributed by atoms with Crippen molar-refractivity contribution >= 4 is 12.1 Å². The molecule has 1 fully saturated rings. The molecule has 0 bridgehead atoms. The Labute approximate surface area is 110 Å². The van der Waals surface area contributed by atoms with Gasteiger partial charge in [-0.25, -0.2) is 9.59 Å². The van der Waals surface area contributed by atoms with Crippen molar-refractivity contribution in [1.82, 2.24) is 4.90 Å². The second kappa shape index (κ2) is 5.71. The number of ether oxygens (including phenoxy) is 2. The summed E-state index contributed by atoms with van der Waals surface area (Å²) in [5.74, 6) is -1.10. The van der Waals surface area contributed by atoms with Crippen molar-refractivity contribution in [1.29, 1.82) is 0 Å². The zero-order valence-electron chi connectivity index (χ0n) is 10.5. The van der Waals surface area contributed by atoms with E-state index in [-0.39, 0.29) is 13.3 Å². The van der Waals surface area contributed by atoms with E-state index in [0.29, 0.717) is 0 Å². The molecule has 1 aliphatic heterocycles. The van der Waals surface area contributed by atoms with Crippen LogP contribution in [0.1, 0.15) is 12.5 Å². The van der Waals surface area contributed by atoms with Crippen LogP contribution in [0.4, 0.5) is 4.79 Å². The van der Waals surface area contributed by atoms with E-state index in [1.165, 1.54) is 0 Å². The Bertz CT molecular complexity index is 461. The van der Waals surface area contributed by atoms with Crippen LogP contribution >= 0.6 is 0 Å². The molecule has 2 rings (SSSR count). The van der Waals surface area contributed by atoms with Gasteiger partial charge in [0.2, 0.25) is 0 Å². The molecule has 2 unspecified atom stereocenters. The maximum Gasteiger partial charge on any atom is 0.412 e. The van der Waals surface area contributed by atoms with Crippen molar-refractivity contribution in [2.75, 3.05) is 6.73 Å². The van der Waals surface area contributed by atoms with Gasteiger partial charge < -0.3 is 14.6 Å². The van der Waals surface area contributed by atoms with Crippen LogP contribution in [0, 0.1) is 0 Å². The summed E-state index contributed by atoms with van der Waals surface area (Å²) >= 11 is 0. The van der Waals surface area contributed by atoms with Crippen LogP contribution in [0.2, 0.25) is 0 Å². The highest BCUT2D eigenvalue weighted by atomic mass is 16.6. The third-order valence-corrected chi connectivity index (χ3v) is 2.95. The fourth-order valence-electron chi connectivity index (χ4n) is 1.93. The number of aliphatic carboxylic acids is 1. The number of carbonyl (C=O) groups excluding carboxylic acids is 1. The van der Waals surface area contributed by atoms with Gasteiger partial charge in [-0.05, 0) is 12.5 Å². The van der Waals surface area contributed by atoms with E-state index in [1.54, 1.807) is 6.92 Å². The number of carboxylic acid groups (broad SMARTS) is 1. The molecule has 1 amide bonds. The summed E-state index contributed by atoms with van der Waals surface area (Å²) in [6, 6.07) is 8.19. The van der Waals surface area contributed by atoms with Gasteiger partial charge in [-0.1, -0.05) is 30.3 Å². The molecule has 1 heterocycles. The third-order valence-electron chi connectivity index (χ3n) is 2.95. The normalized spacial score (nSPS) is 22.3. The minimum absolute atomic E-state index is 0.0637. The van der Waals surface area contributed by atoms with Crippen LogP contribution in [0.3, 0.4) is 0 Å². The van der Waals surface area contributed by atoms with Crippen molar-refractivity contribution in [3.63, 3.8) is 0 Å². The molecule has 0 radical (unpaired) electrons. The Kier molecular flexibility index (Phi) is 4.01. The third kappa shape index (κ3) is 3.03. The summed E-state index contributed by atoms with van der Waals surface area (Å²) in [5.41, 5.74) is 0.843. The van der Waals surface area contributed by atoms with Gasteiger partial charge >= 0.3 is 12.1 Å². The molecular weight excluding hydrogens is 250 g/mol. The lowest BCUT2D eigenvalue weighted by atomic mass is 10.2. The van der Waals surface area contributed by atoms with Gasteiger partial charge in [-0.3, -0.25) is 4.90 Å². The van der Waals surface area contributed by atoms with Gasteiger partial charge in [-0.2, -0.15) is 0 Å². The molecule has 1 aliphatic rings. The first-order valence-corrected chi connectivity index (χ1v) is 5.91. The van der Waals surface area contributed by atoms with Crippen molar-refractivity contribution in [2.24, 2.45) is 0 Å². The van der Waals surface area contributed by atoms with Crippen molar-refractivity contribution < 1.29 is 24.2 Å². The number of nitrogens with zero attached hydrogens (tertiary/aromatic N) is 1. The molecule has 1 N–H and O–H groups in total. The molecule has 6 heteroatoms. The SMILES string of the molecule is CC1OCN(C(=O)OCc2ccccc2)C1C(=O)O. The first-order chi connectivity index (χ1) is 9.09. The largest absolute Gasteiger partial charge is 0.480 e. The summed E-state index contributed by atoms with van der Waals surface area (Å²) in [6.45, 7) is 1.66. The molecule has 1 aromatic rings. The monoisotopic (exact) mass is 265 g/mol. The van der Waals surface area contributed by atoms with E-state index in [4.69, 9.17) is 14.6 Å². The van der Waals surface area contributed by atoms with E-state index >= 15 is 0 Å². The molecule has 6 nitrogen and oxygen atoms in total. The number of hydrogen-bond donors (Lipinski definition) is 1. The minimum Gasteiger partial charge on any atom is -0.480 e. The standard InChI is InChI=1S/C13H15NO5/c1-9-11(12(15)16)14(8-19-9)13(17)18-7-10-5-3-2-4-6-10/h2-6,9,11H,7-8H2,1H3,(H,15,16). The summed E-state index contributed by atoms with van der Waals surface area (Å²) < 4.78 is 10.2. The average molecular weight is 265 g/mol. The van der Waals surface area contributed by atoms with E-state index in [2.05, 4.69) is 0 Å². The molecule has 1 aromatic carbocycles. The molecule has 0 saturated carbocycles. The molecule has 0 aliphatic carbocycles. The average Bonchev–Trinajstić information content (AvgIpc) is 2.79. The van der Waals surface area contributed by atoms with Crippen molar-refractivity contribution in [3.8, 4) is 0 Å². The quantitative estimate of drug-likeness (QED) is 0.895. The summed E-state index contributed by atoms with van der Waals surface area (Å²) in [4.78, 5) is 24.0. The van der Waals surface area contributed by atoms with Crippen LogP contribution in [-0.2, 0) is 20.9 Å². The Morgan fingerprint density at radius 3 is 2.74 bits per heavy atom. The van der Waals surface area contributed by atoms with Crippen LogP contribution < -0.4 is 0 Å². The van der Waals surface area contributed by atoms with Crippen molar-refractivity contribution in [2.45, 2.75) is 25.7 Å². The Hall–Kier alpha value is -2.08. The maximum absolute atomic E-state index is 11.8. The second-order valence-corrected chi connectivity index (χ2v) is 4.29. The number of amides is 1. The molecule has 0 aromatic heterocycles. The van der Waals surface area contributed by atoms with Crippen LogP contribution in [0.15, 0.2) is 30.3 Å². The molecule has 1 saturated heterocycles. The zero-order chi connectivity index (χ0) is 13.8. The predicted molar refractivity (Wildman–Crippen MR) is 65.3 cm³/mol. The van der Waals surface area contributed by atoms with E-state index < -0.39 is 24.2 Å². The Morgan fingerprint density at radius 1 is 1.42 bits per heavy atom. The smallest absolute Gasteiger partial charge is 0.412 e. The van der Waals surface area contributed by atoms with E-state index in [1.807, 2.05) is 30.3 Å². The molecule has 0 spiro atoms. The molecule has 19 heavy (non-hydrogen) atoms. The van der Waals surface area contributed by atoms with Gasteiger partial charge in [0.05, 0.1) is 6.10 Å². The van der Waals surface area contributed by atoms with Crippen LogP contribution in [0.25, 0.3) is 0 Å². The lowest BCUT2D eigenvalue weighted by Gasteiger charge is -2.20. The van der Waals surface area contributed by atoms with Gasteiger partial charge in [0.15, 0.2) is 6.04 Å². The summed E-state index contributed by atoms with van der Waals surface area (Å²) in [5, 5.41) is 9.06. The number of carbonyl (C=O) groups is 2. The molecule has 102 valence electrons. The number of carboxylic acids is 1. The van der Waals surface area contributed by atoms with Crippen LogP contribution in [-0.4, -0.2) is 40.9 Å². The summed E-state index contributed by atoms with van der Waals surface area (Å²) in [6.07, 6.45) is -1.22. The summed E-state index contributed by atoms with van der Waals surface area (Å²) in [7, 11) is 0. The lowest BCUT2D eigenvalue weighted by molar-refractivity contribution is -0.142. The lowest BCUT2D eigenvalue weighted by Crippen LogP contribution is -2.44. The van der Waals surface area contributed by atoms with Gasteiger partial charge in [-0.15, -0.1) is 0 Å². The highest BCUT2D eigenvalue weighted by Gasteiger charge is 2.41.